The number of nitrogens with zero attached hydrogens (tertiary/aromatic N) is 2. The van der Waals surface area contributed by atoms with Crippen molar-refractivity contribution in [1.82, 2.24) is 4.98 Å². The summed E-state index contributed by atoms with van der Waals surface area (Å²) >= 11 is 2.64. The van der Waals surface area contributed by atoms with E-state index in [4.69, 9.17) is 9.68 Å². The minimum atomic E-state index is -0.146. The van der Waals surface area contributed by atoms with Crippen LogP contribution in [0.3, 0.4) is 0 Å². The van der Waals surface area contributed by atoms with Gasteiger partial charge in [-0.3, -0.25) is 4.79 Å². The molecule has 0 aliphatic rings. The fourth-order valence-corrected chi connectivity index (χ4v) is 3.34. The number of nitrogens with one attached hydrogen (secondary N) is 1. The zero-order chi connectivity index (χ0) is 16.8. The van der Waals surface area contributed by atoms with Crippen molar-refractivity contribution in [2.24, 2.45) is 0 Å². The lowest BCUT2D eigenvalue weighted by molar-refractivity contribution is -0.113. The van der Waals surface area contributed by atoms with E-state index in [0.717, 1.165) is 10.4 Å². The highest BCUT2D eigenvalue weighted by molar-refractivity contribution is 8.00. The van der Waals surface area contributed by atoms with E-state index < -0.39 is 0 Å². The number of aromatic nitrogens is 1. The van der Waals surface area contributed by atoms with Gasteiger partial charge in [-0.1, -0.05) is 36.0 Å². The molecule has 120 valence electrons. The van der Waals surface area contributed by atoms with E-state index in [1.807, 2.05) is 48.5 Å². The summed E-state index contributed by atoms with van der Waals surface area (Å²) in [5, 5.41) is 12.0. The van der Waals surface area contributed by atoms with Crippen LogP contribution in [0.25, 0.3) is 11.1 Å². The summed E-state index contributed by atoms with van der Waals surface area (Å²) in [6, 6.07) is 17.0. The number of rotatable bonds is 6. The number of nitriles is 1. The number of benzene rings is 2. The molecule has 0 saturated carbocycles. The number of oxazole rings is 1. The third-order valence-corrected chi connectivity index (χ3v) is 4.82. The van der Waals surface area contributed by atoms with Gasteiger partial charge in [-0.25, -0.2) is 4.98 Å². The number of fused-ring (bicyclic) bond motifs is 1. The summed E-state index contributed by atoms with van der Waals surface area (Å²) in [6.45, 7) is 0. The summed E-state index contributed by atoms with van der Waals surface area (Å²) < 4.78 is 5.58. The Bertz CT molecular complexity index is 869. The topological polar surface area (TPSA) is 78.9 Å². The maximum atomic E-state index is 12.2. The summed E-state index contributed by atoms with van der Waals surface area (Å²) in [5.41, 5.74) is 2.19. The molecule has 0 spiro atoms. The van der Waals surface area contributed by atoms with Crippen molar-refractivity contribution in [3.05, 3.63) is 48.5 Å². The molecule has 3 aromatic rings. The predicted molar refractivity (Wildman–Crippen MR) is 96.1 cm³/mol. The Labute approximate surface area is 147 Å². The molecule has 2 aromatic carbocycles. The Balaban J connectivity index is 1.61. The molecule has 0 unspecified atom stereocenters. The van der Waals surface area contributed by atoms with Crippen LogP contribution in [0.2, 0.25) is 0 Å². The number of carbonyl (C=O) groups excluding carboxylic acids is 1. The maximum Gasteiger partial charge on any atom is 0.257 e. The SMILES string of the molecule is N#CCSc1ccccc1NC(=O)CSc1nc2ccccc2o1. The average molecular weight is 355 g/mol. The normalized spacial score (nSPS) is 10.5. The molecule has 5 nitrogen and oxygen atoms in total. The van der Waals surface area contributed by atoms with Crippen LogP contribution in [0.15, 0.2) is 63.1 Å². The van der Waals surface area contributed by atoms with Crippen LogP contribution in [-0.4, -0.2) is 22.4 Å². The molecule has 0 fully saturated rings. The van der Waals surface area contributed by atoms with Crippen LogP contribution in [-0.2, 0) is 4.79 Å². The summed E-state index contributed by atoms with van der Waals surface area (Å²) in [7, 11) is 0. The number of anilines is 1. The standard InChI is InChI=1S/C17H13N3O2S2/c18-9-10-23-15-8-4-2-6-13(15)19-16(21)11-24-17-20-12-5-1-3-7-14(12)22-17/h1-8H,10-11H2,(H,19,21). The summed E-state index contributed by atoms with van der Waals surface area (Å²) in [4.78, 5) is 17.4. The molecule has 0 atom stereocenters. The zero-order valence-electron chi connectivity index (χ0n) is 12.6. The first-order valence-corrected chi connectivity index (χ1v) is 9.10. The van der Waals surface area contributed by atoms with Crippen molar-refractivity contribution in [2.75, 3.05) is 16.8 Å². The Hall–Kier alpha value is -2.43. The van der Waals surface area contributed by atoms with Gasteiger partial charge in [0.2, 0.25) is 5.91 Å². The Kier molecular flexibility index (Phi) is 5.41. The number of thioether (sulfide) groups is 2. The molecule has 0 bridgehead atoms. The van der Waals surface area contributed by atoms with Gasteiger partial charge in [0.25, 0.3) is 5.22 Å². The first-order valence-electron chi connectivity index (χ1n) is 7.13. The lowest BCUT2D eigenvalue weighted by Gasteiger charge is -2.08. The van der Waals surface area contributed by atoms with Crippen molar-refractivity contribution in [2.45, 2.75) is 10.1 Å². The van der Waals surface area contributed by atoms with E-state index in [1.54, 1.807) is 0 Å². The van der Waals surface area contributed by atoms with E-state index in [1.165, 1.54) is 23.5 Å². The van der Waals surface area contributed by atoms with Crippen LogP contribution in [0.4, 0.5) is 5.69 Å². The Morgan fingerprint density at radius 1 is 1.17 bits per heavy atom. The van der Waals surface area contributed by atoms with E-state index in [9.17, 15) is 4.79 Å². The second-order valence-electron chi connectivity index (χ2n) is 4.73. The number of hydrogen-bond acceptors (Lipinski definition) is 6. The first kappa shape index (κ1) is 16.4. The molecule has 1 N–H and O–H groups in total. The quantitative estimate of drug-likeness (QED) is 0.669. The minimum absolute atomic E-state index is 0.146. The second kappa shape index (κ2) is 7.90. The zero-order valence-corrected chi connectivity index (χ0v) is 14.2. The third-order valence-electron chi connectivity index (χ3n) is 3.05. The van der Waals surface area contributed by atoms with Gasteiger partial charge >= 0.3 is 0 Å². The third kappa shape index (κ3) is 4.10. The molecular formula is C17H13N3O2S2. The van der Waals surface area contributed by atoms with Crippen LogP contribution >= 0.6 is 23.5 Å². The molecule has 0 aliphatic heterocycles. The lowest BCUT2D eigenvalue weighted by atomic mass is 10.3. The van der Waals surface area contributed by atoms with E-state index in [2.05, 4.69) is 16.4 Å². The Morgan fingerprint density at radius 3 is 2.79 bits per heavy atom. The second-order valence-corrected chi connectivity index (χ2v) is 6.67. The fraction of sp³-hybridized carbons (Fsp3) is 0.118. The van der Waals surface area contributed by atoms with Gasteiger partial charge < -0.3 is 9.73 Å². The van der Waals surface area contributed by atoms with Crippen LogP contribution in [0.1, 0.15) is 0 Å². The summed E-state index contributed by atoms with van der Waals surface area (Å²) in [6.07, 6.45) is 0. The Morgan fingerprint density at radius 2 is 1.96 bits per heavy atom. The van der Waals surface area contributed by atoms with Gasteiger partial charge in [-0.05, 0) is 24.3 Å². The predicted octanol–water partition coefficient (Wildman–Crippen LogP) is 4.17. The number of amides is 1. The van der Waals surface area contributed by atoms with Crippen molar-refractivity contribution in [1.29, 1.82) is 5.26 Å². The van der Waals surface area contributed by atoms with Crippen LogP contribution < -0.4 is 5.32 Å². The van der Waals surface area contributed by atoms with Gasteiger partial charge in [0.1, 0.15) is 5.52 Å². The monoisotopic (exact) mass is 355 g/mol. The number of hydrogen-bond donors (Lipinski definition) is 1. The lowest BCUT2D eigenvalue weighted by Crippen LogP contribution is -2.14. The number of para-hydroxylation sites is 3. The molecule has 1 amide bonds. The van der Waals surface area contributed by atoms with Gasteiger partial charge in [0, 0.05) is 4.90 Å². The molecule has 0 radical (unpaired) electrons. The first-order chi connectivity index (χ1) is 11.8. The average Bonchev–Trinajstić information content (AvgIpc) is 3.02. The van der Waals surface area contributed by atoms with Gasteiger partial charge in [0.15, 0.2) is 5.58 Å². The van der Waals surface area contributed by atoms with Crippen molar-refractivity contribution >= 4 is 46.2 Å². The van der Waals surface area contributed by atoms with E-state index in [0.29, 0.717) is 22.2 Å². The molecule has 0 aliphatic carbocycles. The highest BCUT2D eigenvalue weighted by Crippen LogP contribution is 2.27. The molecule has 1 aromatic heterocycles. The van der Waals surface area contributed by atoms with Gasteiger partial charge in [-0.15, -0.1) is 11.8 Å². The molecule has 1 heterocycles. The summed E-state index contributed by atoms with van der Waals surface area (Å²) in [5.74, 6) is 0.390. The van der Waals surface area contributed by atoms with E-state index >= 15 is 0 Å². The molecule has 3 rings (SSSR count). The van der Waals surface area contributed by atoms with Crippen LogP contribution in [0.5, 0.6) is 0 Å². The highest BCUT2D eigenvalue weighted by Gasteiger charge is 2.11. The van der Waals surface area contributed by atoms with Crippen LogP contribution in [0, 0.1) is 11.3 Å². The number of carbonyl (C=O) groups is 1. The molecule has 7 heteroatoms. The van der Waals surface area contributed by atoms with Gasteiger partial charge in [0.05, 0.1) is 23.3 Å². The molecule has 24 heavy (non-hydrogen) atoms. The fourth-order valence-electron chi connectivity index (χ4n) is 2.03. The highest BCUT2D eigenvalue weighted by atomic mass is 32.2. The maximum absolute atomic E-state index is 12.2. The smallest absolute Gasteiger partial charge is 0.257 e. The van der Waals surface area contributed by atoms with Crippen molar-refractivity contribution < 1.29 is 9.21 Å². The van der Waals surface area contributed by atoms with Crippen molar-refractivity contribution in [3.8, 4) is 6.07 Å². The van der Waals surface area contributed by atoms with E-state index in [-0.39, 0.29) is 11.7 Å². The van der Waals surface area contributed by atoms with Crippen molar-refractivity contribution in [3.63, 3.8) is 0 Å². The largest absolute Gasteiger partial charge is 0.431 e. The molecular weight excluding hydrogens is 342 g/mol. The minimum Gasteiger partial charge on any atom is -0.431 e. The van der Waals surface area contributed by atoms with Gasteiger partial charge in [-0.2, -0.15) is 5.26 Å². The molecule has 0 saturated heterocycles.